The number of hydrogen-bond donors (Lipinski definition) is 0. The zero-order valence-corrected chi connectivity index (χ0v) is 15.4. The molecule has 126 valence electrons. The minimum Gasteiger partial charge on any atom is -0.295 e. The van der Waals surface area contributed by atoms with Crippen LogP contribution in [0.4, 0.5) is 0 Å². The average molecular weight is 397 g/mol. The lowest BCUT2D eigenvalue weighted by atomic mass is 10.2. The Morgan fingerprint density at radius 2 is 1.88 bits per heavy atom. The van der Waals surface area contributed by atoms with Gasteiger partial charge in [0, 0.05) is 11.0 Å². The lowest BCUT2D eigenvalue weighted by Gasteiger charge is -2.19. The van der Waals surface area contributed by atoms with E-state index in [2.05, 4.69) is 44.0 Å². The molecule has 25 heavy (non-hydrogen) atoms. The zero-order valence-electron chi connectivity index (χ0n) is 13.8. The number of rotatable bonds is 5. The quantitative estimate of drug-likeness (QED) is 0.663. The largest absolute Gasteiger partial charge is 0.295 e. The van der Waals surface area contributed by atoms with Crippen LogP contribution in [0, 0.1) is 11.3 Å². The molecular weight excluding hydrogens is 380 g/mol. The van der Waals surface area contributed by atoms with E-state index in [1.54, 1.807) is 6.07 Å². The van der Waals surface area contributed by atoms with Gasteiger partial charge in [0.1, 0.15) is 12.4 Å². The first kappa shape index (κ1) is 17.3. The first-order valence-electron chi connectivity index (χ1n) is 7.87. The average Bonchev–Trinajstić information content (AvgIpc) is 2.60. The molecule has 0 saturated carbocycles. The molecule has 0 saturated heterocycles. The second-order valence-electron chi connectivity index (χ2n) is 5.89. The van der Waals surface area contributed by atoms with Crippen molar-refractivity contribution in [2.75, 3.05) is 7.05 Å². The molecule has 0 aliphatic carbocycles. The topological polar surface area (TPSA) is 61.9 Å². The molecule has 6 heteroatoms. The molecule has 0 N–H and O–H groups in total. The summed E-state index contributed by atoms with van der Waals surface area (Å²) in [6.45, 7) is 1.21. The number of halogens is 1. The van der Waals surface area contributed by atoms with Gasteiger partial charge in [-0.2, -0.15) is 5.26 Å². The first-order chi connectivity index (χ1) is 12.1. The molecule has 0 aliphatic heterocycles. The van der Waals surface area contributed by atoms with Crippen LogP contribution < -0.4 is 5.56 Å². The fourth-order valence-electron chi connectivity index (χ4n) is 2.77. The maximum absolute atomic E-state index is 12.7. The van der Waals surface area contributed by atoms with Gasteiger partial charge in [0.2, 0.25) is 0 Å². The Kier molecular flexibility index (Phi) is 5.27. The standard InChI is InChI=1S/C19H17BrN4O/c1-23(12-14-6-8-15(20)9-7-14)13-18-22-17-5-3-2-4-16(17)19(25)24(18)11-10-21/h2-9H,11-13H2,1H3. The second kappa shape index (κ2) is 7.60. The van der Waals surface area contributed by atoms with Crippen molar-refractivity contribution in [3.63, 3.8) is 0 Å². The molecule has 1 heterocycles. The maximum atomic E-state index is 12.7. The van der Waals surface area contributed by atoms with Crippen molar-refractivity contribution >= 4 is 26.8 Å². The summed E-state index contributed by atoms with van der Waals surface area (Å²) in [5, 5.41) is 9.62. The van der Waals surface area contributed by atoms with Crippen molar-refractivity contribution < 1.29 is 0 Å². The van der Waals surface area contributed by atoms with Gasteiger partial charge in [0.05, 0.1) is 23.5 Å². The molecule has 1 aromatic heterocycles. The van der Waals surface area contributed by atoms with E-state index < -0.39 is 0 Å². The van der Waals surface area contributed by atoms with E-state index in [0.29, 0.717) is 23.3 Å². The van der Waals surface area contributed by atoms with Crippen molar-refractivity contribution in [2.45, 2.75) is 19.6 Å². The summed E-state index contributed by atoms with van der Waals surface area (Å²) in [7, 11) is 1.97. The molecule has 0 unspecified atom stereocenters. The third kappa shape index (κ3) is 3.95. The lowest BCUT2D eigenvalue weighted by molar-refractivity contribution is 0.304. The molecule has 5 nitrogen and oxygen atoms in total. The van der Waals surface area contributed by atoms with Gasteiger partial charge in [-0.05, 0) is 36.9 Å². The summed E-state index contributed by atoms with van der Waals surface area (Å²) >= 11 is 3.43. The zero-order chi connectivity index (χ0) is 17.8. The van der Waals surface area contributed by atoms with Crippen LogP contribution in [0.5, 0.6) is 0 Å². The molecule has 0 radical (unpaired) electrons. The third-order valence-electron chi connectivity index (χ3n) is 3.95. The highest BCUT2D eigenvalue weighted by atomic mass is 79.9. The van der Waals surface area contributed by atoms with Crippen molar-refractivity contribution in [2.24, 2.45) is 0 Å². The Labute approximate surface area is 154 Å². The van der Waals surface area contributed by atoms with Gasteiger partial charge in [-0.25, -0.2) is 4.98 Å². The van der Waals surface area contributed by atoms with E-state index in [-0.39, 0.29) is 12.1 Å². The van der Waals surface area contributed by atoms with Crippen molar-refractivity contribution in [1.82, 2.24) is 14.5 Å². The van der Waals surface area contributed by atoms with Gasteiger partial charge in [-0.1, -0.05) is 40.2 Å². The normalized spacial score (nSPS) is 11.0. The van der Waals surface area contributed by atoms with E-state index in [1.807, 2.05) is 37.4 Å². The minimum atomic E-state index is -0.167. The van der Waals surface area contributed by atoms with Crippen molar-refractivity contribution in [3.05, 3.63) is 74.7 Å². The molecule has 0 amide bonds. The molecule has 3 rings (SSSR count). The maximum Gasteiger partial charge on any atom is 0.262 e. The Hall–Kier alpha value is -2.49. The van der Waals surface area contributed by atoms with Crippen LogP contribution in [0.25, 0.3) is 10.9 Å². The predicted molar refractivity (Wildman–Crippen MR) is 101 cm³/mol. The van der Waals surface area contributed by atoms with Gasteiger partial charge in [-0.15, -0.1) is 0 Å². The predicted octanol–water partition coefficient (Wildman–Crippen LogP) is 3.31. The van der Waals surface area contributed by atoms with Crippen LogP contribution in [0.1, 0.15) is 11.4 Å². The van der Waals surface area contributed by atoms with E-state index in [1.165, 1.54) is 10.1 Å². The Morgan fingerprint density at radius 1 is 1.16 bits per heavy atom. The molecule has 0 aliphatic rings. The van der Waals surface area contributed by atoms with Crippen molar-refractivity contribution in [1.29, 1.82) is 5.26 Å². The first-order valence-corrected chi connectivity index (χ1v) is 8.66. The molecule has 0 spiro atoms. The van der Waals surface area contributed by atoms with Gasteiger partial charge in [-0.3, -0.25) is 14.3 Å². The molecule has 0 bridgehead atoms. The minimum absolute atomic E-state index is 0.00186. The summed E-state index contributed by atoms with van der Waals surface area (Å²) in [6, 6.07) is 17.4. The highest BCUT2D eigenvalue weighted by molar-refractivity contribution is 9.10. The number of nitrogens with zero attached hydrogens (tertiary/aromatic N) is 4. The van der Waals surface area contributed by atoms with Crippen LogP contribution in [0.3, 0.4) is 0 Å². The second-order valence-corrected chi connectivity index (χ2v) is 6.81. The van der Waals surface area contributed by atoms with E-state index in [4.69, 9.17) is 5.26 Å². The molecule has 2 aromatic carbocycles. The Balaban J connectivity index is 1.91. The summed E-state index contributed by atoms with van der Waals surface area (Å²) in [4.78, 5) is 19.4. The van der Waals surface area contributed by atoms with Gasteiger partial charge in [0.15, 0.2) is 0 Å². The molecule has 0 fully saturated rings. The van der Waals surface area contributed by atoms with Crippen LogP contribution in [-0.2, 0) is 19.6 Å². The van der Waals surface area contributed by atoms with E-state index in [9.17, 15) is 4.79 Å². The number of benzene rings is 2. The smallest absolute Gasteiger partial charge is 0.262 e. The number of fused-ring (bicyclic) bond motifs is 1. The number of nitriles is 1. The van der Waals surface area contributed by atoms with Gasteiger partial charge in [0.25, 0.3) is 5.56 Å². The van der Waals surface area contributed by atoms with Crippen LogP contribution in [-0.4, -0.2) is 21.5 Å². The van der Waals surface area contributed by atoms with Gasteiger partial charge >= 0.3 is 0 Å². The summed E-state index contributed by atoms with van der Waals surface area (Å²) in [5.41, 5.74) is 1.66. The molecule has 0 atom stereocenters. The summed E-state index contributed by atoms with van der Waals surface area (Å²) < 4.78 is 2.50. The van der Waals surface area contributed by atoms with Crippen LogP contribution in [0.2, 0.25) is 0 Å². The van der Waals surface area contributed by atoms with E-state index >= 15 is 0 Å². The fraction of sp³-hybridized carbons (Fsp3) is 0.211. The summed E-state index contributed by atoms with van der Waals surface area (Å²) in [5.74, 6) is 0.602. The number of para-hydroxylation sites is 1. The van der Waals surface area contributed by atoms with Crippen LogP contribution in [0.15, 0.2) is 57.8 Å². The van der Waals surface area contributed by atoms with Crippen LogP contribution >= 0.6 is 15.9 Å². The Bertz CT molecular complexity index is 989. The fourth-order valence-corrected chi connectivity index (χ4v) is 3.03. The molecular formula is C19H17BrN4O. The monoisotopic (exact) mass is 396 g/mol. The number of hydrogen-bond acceptors (Lipinski definition) is 4. The van der Waals surface area contributed by atoms with Crippen molar-refractivity contribution in [3.8, 4) is 6.07 Å². The lowest BCUT2D eigenvalue weighted by Crippen LogP contribution is -2.29. The molecule has 3 aromatic rings. The highest BCUT2D eigenvalue weighted by Crippen LogP contribution is 2.14. The number of aromatic nitrogens is 2. The Morgan fingerprint density at radius 3 is 2.60 bits per heavy atom. The third-order valence-corrected chi connectivity index (χ3v) is 4.48. The highest BCUT2D eigenvalue weighted by Gasteiger charge is 2.12. The van der Waals surface area contributed by atoms with Gasteiger partial charge < -0.3 is 0 Å². The van der Waals surface area contributed by atoms with E-state index in [0.717, 1.165) is 11.0 Å². The SMILES string of the molecule is CN(Cc1ccc(Br)cc1)Cc1nc2ccccc2c(=O)n1CC#N. The summed E-state index contributed by atoms with van der Waals surface area (Å²) in [6.07, 6.45) is 0.